The van der Waals surface area contributed by atoms with E-state index in [1.165, 1.54) is 7.11 Å². The van der Waals surface area contributed by atoms with Gasteiger partial charge in [-0.15, -0.1) is 0 Å². The summed E-state index contributed by atoms with van der Waals surface area (Å²) in [6.45, 7) is 1.93. The number of aryl methyl sites for hydroxylation is 1. The maximum absolute atomic E-state index is 6.05. The van der Waals surface area contributed by atoms with Crippen LogP contribution in [0.3, 0.4) is 0 Å². The van der Waals surface area contributed by atoms with Crippen LogP contribution in [0.4, 0.5) is 17.6 Å². The summed E-state index contributed by atoms with van der Waals surface area (Å²) < 4.78 is 4.95. The maximum atomic E-state index is 6.05. The number of rotatable bonds is 4. The predicted molar refractivity (Wildman–Crippen MR) is 73.7 cm³/mol. The fraction of sp³-hybridized carbons (Fsp3) is 0.182. The topological polar surface area (TPSA) is 98.0 Å². The minimum absolute atomic E-state index is 0.156. The third-order valence-corrected chi connectivity index (χ3v) is 2.76. The maximum Gasteiger partial charge on any atom is 0.322 e. The second-order valence-corrected chi connectivity index (χ2v) is 4.11. The van der Waals surface area contributed by atoms with E-state index in [0.717, 1.165) is 11.3 Å². The highest BCUT2D eigenvalue weighted by atomic mass is 35.5. The van der Waals surface area contributed by atoms with Gasteiger partial charge in [0.2, 0.25) is 11.9 Å². The van der Waals surface area contributed by atoms with Crippen LogP contribution >= 0.6 is 11.6 Å². The van der Waals surface area contributed by atoms with Gasteiger partial charge in [0.25, 0.3) is 0 Å². The molecule has 0 bridgehead atoms. The standard InChI is InChI=1S/C11H13ClN6O/c1-6-3-4-7(5-8(6)12)14-9-15-10(18-13)17-11(16-9)19-2/h3-5H,13H2,1-2H3,(H2,14,15,16,17,18). The van der Waals surface area contributed by atoms with Crippen molar-refractivity contribution >= 4 is 29.2 Å². The van der Waals surface area contributed by atoms with Crippen LogP contribution in [0.15, 0.2) is 18.2 Å². The number of benzene rings is 1. The summed E-state index contributed by atoms with van der Waals surface area (Å²) in [4.78, 5) is 12.0. The van der Waals surface area contributed by atoms with Gasteiger partial charge in [0, 0.05) is 10.7 Å². The molecular formula is C11H13ClN6O. The fourth-order valence-electron chi connectivity index (χ4n) is 1.37. The minimum Gasteiger partial charge on any atom is -0.467 e. The van der Waals surface area contributed by atoms with E-state index in [1.54, 1.807) is 6.07 Å². The highest BCUT2D eigenvalue weighted by Gasteiger charge is 2.06. The molecule has 0 atom stereocenters. The van der Waals surface area contributed by atoms with Gasteiger partial charge < -0.3 is 10.1 Å². The van der Waals surface area contributed by atoms with Crippen LogP contribution in [0, 0.1) is 6.92 Å². The number of methoxy groups -OCH3 is 1. The molecule has 0 saturated heterocycles. The molecule has 100 valence electrons. The number of aromatic nitrogens is 3. The SMILES string of the molecule is COc1nc(NN)nc(Nc2ccc(C)c(Cl)c2)n1. The smallest absolute Gasteiger partial charge is 0.322 e. The Morgan fingerprint density at radius 1 is 1.21 bits per heavy atom. The molecule has 0 aliphatic heterocycles. The van der Waals surface area contributed by atoms with E-state index in [-0.39, 0.29) is 12.0 Å². The molecule has 4 N–H and O–H groups in total. The predicted octanol–water partition coefficient (Wildman–Crippen LogP) is 1.87. The van der Waals surface area contributed by atoms with E-state index in [9.17, 15) is 0 Å². The van der Waals surface area contributed by atoms with Crippen molar-refractivity contribution in [1.29, 1.82) is 0 Å². The van der Waals surface area contributed by atoms with E-state index in [4.69, 9.17) is 22.2 Å². The van der Waals surface area contributed by atoms with Crippen molar-refractivity contribution in [2.75, 3.05) is 17.9 Å². The average molecular weight is 281 g/mol. The van der Waals surface area contributed by atoms with Gasteiger partial charge in [-0.3, -0.25) is 5.43 Å². The van der Waals surface area contributed by atoms with E-state index in [2.05, 4.69) is 25.7 Å². The second-order valence-electron chi connectivity index (χ2n) is 3.70. The van der Waals surface area contributed by atoms with Gasteiger partial charge in [-0.1, -0.05) is 17.7 Å². The van der Waals surface area contributed by atoms with Crippen molar-refractivity contribution in [1.82, 2.24) is 15.0 Å². The fourth-order valence-corrected chi connectivity index (χ4v) is 1.55. The summed E-state index contributed by atoms with van der Waals surface area (Å²) in [5.74, 6) is 5.78. The van der Waals surface area contributed by atoms with Gasteiger partial charge in [-0.2, -0.15) is 15.0 Å². The van der Waals surface area contributed by atoms with E-state index in [1.807, 2.05) is 19.1 Å². The first kappa shape index (κ1) is 13.3. The number of hydrogen-bond acceptors (Lipinski definition) is 7. The molecule has 7 nitrogen and oxygen atoms in total. The number of hydrogen-bond donors (Lipinski definition) is 3. The first-order valence-corrected chi connectivity index (χ1v) is 5.80. The normalized spacial score (nSPS) is 10.1. The Hall–Kier alpha value is -2.12. The Morgan fingerprint density at radius 2 is 1.95 bits per heavy atom. The van der Waals surface area contributed by atoms with Gasteiger partial charge in [0.15, 0.2) is 0 Å². The summed E-state index contributed by atoms with van der Waals surface area (Å²) in [6, 6.07) is 5.70. The number of nitrogens with two attached hydrogens (primary N) is 1. The van der Waals surface area contributed by atoms with Gasteiger partial charge in [0.1, 0.15) is 0 Å². The first-order chi connectivity index (χ1) is 9.12. The summed E-state index contributed by atoms with van der Waals surface area (Å²) in [5, 5.41) is 3.65. The molecule has 0 aliphatic carbocycles. The van der Waals surface area contributed by atoms with Crippen LogP contribution in [-0.2, 0) is 0 Å². The van der Waals surface area contributed by atoms with Crippen molar-refractivity contribution in [3.05, 3.63) is 28.8 Å². The Bertz CT molecular complexity index is 569. The van der Waals surface area contributed by atoms with E-state index < -0.39 is 0 Å². The zero-order valence-corrected chi connectivity index (χ0v) is 11.2. The lowest BCUT2D eigenvalue weighted by atomic mass is 10.2. The summed E-state index contributed by atoms with van der Waals surface area (Å²) >= 11 is 6.05. The number of halogens is 1. The zero-order valence-electron chi connectivity index (χ0n) is 10.4. The van der Waals surface area contributed by atoms with Crippen molar-refractivity contribution in [2.45, 2.75) is 6.92 Å². The highest BCUT2D eigenvalue weighted by Crippen LogP contribution is 2.22. The van der Waals surface area contributed by atoms with Crippen molar-refractivity contribution in [3.8, 4) is 6.01 Å². The molecule has 0 unspecified atom stereocenters. The van der Waals surface area contributed by atoms with Gasteiger partial charge in [-0.05, 0) is 24.6 Å². The van der Waals surface area contributed by atoms with Crippen LogP contribution in [0.5, 0.6) is 6.01 Å². The molecule has 2 aromatic rings. The number of ether oxygens (including phenoxy) is 1. The van der Waals surface area contributed by atoms with Crippen LogP contribution in [-0.4, -0.2) is 22.1 Å². The van der Waals surface area contributed by atoms with Gasteiger partial charge >= 0.3 is 6.01 Å². The Balaban J connectivity index is 2.29. The molecule has 1 aromatic carbocycles. The molecule has 2 rings (SSSR count). The minimum atomic E-state index is 0.156. The number of nitrogens with zero attached hydrogens (tertiary/aromatic N) is 3. The monoisotopic (exact) mass is 280 g/mol. The van der Waals surface area contributed by atoms with Crippen molar-refractivity contribution in [2.24, 2.45) is 5.84 Å². The average Bonchev–Trinajstić information content (AvgIpc) is 2.42. The number of nitrogen functional groups attached to an aromatic ring is 1. The van der Waals surface area contributed by atoms with E-state index >= 15 is 0 Å². The summed E-state index contributed by atoms with van der Waals surface area (Å²) in [6.07, 6.45) is 0. The first-order valence-electron chi connectivity index (χ1n) is 5.42. The van der Waals surface area contributed by atoms with Crippen molar-refractivity contribution < 1.29 is 4.74 Å². The molecular weight excluding hydrogens is 268 g/mol. The summed E-state index contributed by atoms with van der Waals surface area (Å²) in [7, 11) is 1.46. The highest BCUT2D eigenvalue weighted by molar-refractivity contribution is 6.31. The lowest BCUT2D eigenvalue weighted by Crippen LogP contribution is -2.13. The largest absolute Gasteiger partial charge is 0.467 e. The van der Waals surface area contributed by atoms with Crippen LogP contribution in [0.1, 0.15) is 5.56 Å². The Morgan fingerprint density at radius 3 is 2.58 bits per heavy atom. The third-order valence-electron chi connectivity index (χ3n) is 2.35. The van der Waals surface area contributed by atoms with E-state index in [0.29, 0.717) is 11.0 Å². The molecule has 0 spiro atoms. The third kappa shape index (κ3) is 3.21. The quantitative estimate of drug-likeness (QED) is 0.581. The Labute approximate surface area is 115 Å². The molecule has 1 heterocycles. The molecule has 19 heavy (non-hydrogen) atoms. The van der Waals surface area contributed by atoms with Crippen LogP contribution < -0.4 is 21.3 Å². The van der Waals surface area contributed by atoms with Crippen molar-refractivity contribution in [3.63, 3.8) is 0 Å². The van der Waals surface area contributed by atoms with Crippen LogP contribution in [0.2, 0.25) is 5.02 Å². The summed E-state index contributed by atoms with van der Waals surface area (Å²) in [5.41, 5.74) is 4.09. The second kappa shape index (κ2) is 5.68. The molecule has 8 heteroatoms. The molecule has 0 amide bonds. The number of nitrogens with one attached hydrogen (secondary N) is 2. The lowest BCUT2D eigenvalue weighted by molar-refractivity contribution is 0.379. The molecule has 0 fully saturated rings. The van der Waals surface area contributed by atoms with Gasteiger partial charge in [0.05, 0.1) is 7.11 Å². The molecule has 0 radical (unpaired) electrons. The van der Waals surface area contributed by atoms with Crippen LogP contribution in [0.25, 0.3) is 0 Å². The van der Waals surface area contributed by atoms with Gasteiger partial charge in [-0.25, -0.2) is 5.84 Å². The number of hydrazine groups is 1. The molecule has 0 aliphatic rings. The lowest BCUT2D eigenvalue weighted by Gasteiger charge is -2.08. The number of anilines is 3. The Kier molecular flexibility index (Phi) is 3.98. The molecule has 1 aromatic heterocycles. The molecule has 0 saturated carbocycles. The zero-order chi connectivity index (χ0) is 13.8.